The normalized spacial score (nSPS) is 29.3. The summed E-state index contributed by atoms with van der Waals surface area (Å²) in [5.74, 6) is 0.821. The molecule has 1 saturated carbocycles. The average molecular weight is 342 g/mol. The molecule has 0 saturated heterocycles. The molecule has 1 aromatic carbocycles. The van der Waals surface area contributed by atoms with Gasteiger partial charge in [-0.25, -0.2) is 0 Å². The van der Waals surface area contributed by atoms with Gasteiger partial charge in [-0.15, -0.1) is 0 Å². The Balaban J connectivity index is 1.81. The molecule has 1 aliphatic heterocycles. The van der Waals surface area contributed by atoms with Crippen molar-refractivity contribution < 1.29 is 5.11 Å². The number of amidine groups is 1. The summed E-state index contributed by atoms with van der Waals surface area (Å²) in [4.78, 5) is 9.34. The van der Waals surface area contributed by atoms with Gasteiger partial charge in [0.25, 0.3) is 0 Å². The van der Waals surface area contributed by atoms with Gasteiger partial charge in [-0.05, 0) is 43.0 Å². The standard InChI is InChI=1S/C19H20ClN3O/c20-13-7-2-1-6-12(13)18-17-14(9-5-10-16(17)24)22-19(23-18)15-8-3-4-11-21-15/h1-4,6-8,11,14,16-18,24H,5,9-10H2,(H,22,23). The fourth-order valence-corrected chi connectivity index (χ4v) is 4.12. The third-order valence-electron chi connectivity index (χ3n) is 5.01. The minimum absolute atomic E-state index is 0.0334. The lowest BCUT2D eigenvalue weighted by Gasteiger charge is -2.43. The number of benzene rings is 1. The quantitative estimate of drug-likeness (QED) is 0.880. The minimum atomic E-state index is -0.369. The molecule has 4 rings (SSSR count). The van der Waals surface area contributed by atoms with E-state index in [0.717, 1.165) is 36.4 Å². The van der Waals surface area contributed by atoms with Crippen molar-refractivity contribution in [2.45, 2.75) is 37.5 Å². The number of aliphatic hydroxyl groups excluding tert-OH is 1. The van der Waals surface area contributed by atoms with Gasteiger partial charge in [-0.1, -0.05) is 35.9 Å². The third-order valence-corrected chi connectivity index (χ3v) is 5.35. The highest BCUT2D eigenvalue weighted by Gasteiger charge is 2.42. The van der Waals surface area contributed by atoms with Crippen LogP contribution in [0.2, 0.25) is 5.02 Å². The van der Waals surface area contributed by atoms with E-state index in [0.29, 0.717) is 5.02 Å². The van der Waals surface area contributed by atoms with Crippen molar-refractivity contribution in [2.24, 2.45) is 10.9 Å². The lowest BCUT2D eigenvalue weighted by Crippen LogP contribution is -2.53. The van der Waals surface area contributed by atoms with Gasteiger partial charge >= 0.3 is 0 Å². The number of pyridine rings is 1. The molecule has 2 aliphatic rings. The molecule has 4 nitrogen and oxygen atoms in total. The van der Waals surface area contributed by atoms with Crippen LogP contribution in [0.25, 0.3) is 0 Å². The van der Waals surface area contributed by atoms with E-state index in [-0.39, 0.29) is 24.1 Å². The SMILES string of the molecule is OC1CCCC2NC(c3ccccn3)=NC(c3ccccc3Cl)C12. The highest BCUT2D eigenvalue weighted by atomic mass is 35.5. The number of nitrogens with one attached hydrogen (secondary N) is 1. The van der Waals surface area contributed by atoms with E-state index in [4.69, 9.17) is 16.6 Å². The van der Waals surface area contributed by atoms with E-state index in [1.54, 1.807) is 6.20 Å². The van der Waals surface area contributed by atoms with Crippen LogP contribution in [-0.2, 0) is 0 Å². The summed E-state index contributed by atoms with van der Waals surface area (Å²) in [5.41, 5.74) is 1.80. The summed E-state index contributed by atoms with van der Waals surface area (Å²) >= 11 is 6.44. The second-order valence-electron chi connectivity index (χ2n) is 6.49. The molecular formula is C19H20ClN3O. The van der Waals surface area contributed by atoms with Crippen LogP contribution in [0.1, 0.15) is 36.6 Å². The van der Waals surface area contributed by atoms with Crippen molar-refractivity contribution in [2.75, 3.05) is 0 Å². The van der Waals surface area contributed by atoms with Gasteiger partial charge in [0.15, 0.2) is 0 Å². The molecule has 2 N–H and O–H groups in total. The second-order valence-corrected chi connectivity index (χ2v) is 6.89. The van der Waals surface area contributed by atoms with Crippen LogP contribution in [0.4, 0.5) is 0 Å². The molecule has 4 unspecified atom stereocenters. The van der Waals surface area contributed by atoms with Gasteiger partial charge in [-0.3, -0.25) is 9.98 Å². The number of hydrogen-bond acceptors (Lipinski definition) is 4. The van der Waals surface area contributed by atoms with Crippen molar-refractivity contribution in [3.8, 4) is 0 Å². The van der Waals surface area contributed by atoms with E-state index >= 15 is 0 Å². The molecule has 0 bridgehead atoms. The Bertz CT molecular complexity index is 749. The molecule has 2 aromatic rings. The zero-order chi connectivity index (χ0) is 16.5. The molecule has 0 spiro atoms. The monoisotopic (exact) mass is 341 g/mol. The highest BCUT2D eigenvalue weighted by molar-refractivity contribution is 6.31. The number of fused-ring (bicyclic) bond motifs is 1. The topological polar surface area (TPSA) is 57.5 Å². The van der Waals surface area contributed by atoms with E-state index < -0.39 is 0 Å². The fourth-order valence-electron chi connectivity index (χ4n) is 3.87. The van der Waals surface area contributed by atoms with Gasteiger partial charge in [0.05, 0.1) is 12.1 Å². The summed E-state index contributed by atoms with van der Waals surface area (Å²) in [6, 6.07) is 13.6. The number of halogens is 1. The van der Waals surface area contributed by atoms with Crippen LogP contribution < -0.4 is 5.32 Å². The van der Waals surface area contributed by atoms with Gasteiger partial charge in [0, 0.05) is 23.2 Å². The van der Waals surface area contributed by atoms with Gasteiger partial charge in [-0.2, -0.15) is 0 Å². The molecule has 1 aromatic heterocycles. The Morgan fingerprint density at radius 3 is 2.71 bits per heavy atom. The van der Waals surface area contributed by atoms with E-state index in [1.807, 2.05) is 42.5 Å². The Labute approximate surface area is 146 Å². The van der Waals surface area contributed by atoms with E-state index in [2.05, 4.69) is 10.3 Å². The highest BCUT2D eigenvalue weighted by Crippen LogP contribution is 2.42. The predicted molar refractivity (Wildman–Crippen MR) is 95.2 cm³/mol. The third kappa shape index (κ3) is 2.80. The second kappa shape index (κ2) is 6.54. The fraction of sp³-hybridized carbons (Fsp3) is 0.368. The van der Waals surface area contributed by atoms with Crippen LogP contribution >= 0.6 is 11.6 Å². The summed E-state index contributed by atoms with van der Waals surface area (Å²) in [6.07, 6.45) is 4.25. The van der Waals surface area contributed by atoms with Gasteiger partial charge in [0.1, 0.15) is 11.5 Å². The molecule has 0 radical (unpaired) electrons. The molecule has 0 amide bonds. The first-order valence-electron chi connectivity index (χ1n) is 8.42. The summed E-state index contributed by atoms with van der Waals surface area (Å²) in [5, 5.41) is 14.8. The van der Waals surface area contributed by atoms with Crippen LogP contribution in [0.3, 0.4) is 0 Å². The zero-order valence-electron chi connectivity index (χ0n) is 13.3. The van der Waals surface area contributed by atoms with Crippen LogP contribution in [0.15, 0.2) is 53.7 Å². The number of hydrogen-bond donors (Lipinski definition) is 2. The first kappa shape index (κ1) is 15.6. The van der Waals surface area contributed by atoms with Crippen molar-refractivity contribution in [1.82, 2.24) is 10.3 Å². The molecule has 4 atom stereocenters. The van der Waals surface area contributed by atoms with Crippen molar-refractivity contribution in [3.05, 3.63) is 64.9 Å². The van der Waals surface area contributed by atoms with Crippen molar-refractivity contribution in [1.29, 1.82) is 0 Å². The van der Waals surface area contributed by atoms with Gasteiger partial charge in [0.2, 0.25) is 0 Å². The maximum Gasteiger partial charge on any atom is 0.148 e. The molecule has 124 valence electrons. The molecule has 2 heterocycles. The van der Waals surface area contributed by atoms with E-state index in [1.165, 1.54) is 0 Å². The maximum absolute atomic E-state index is 10.6. The zero-order valence-corrected chi connectivity index (χ0v) is 14.0. The molecular weight excluding hydrogens is 322 g/mol. The number of nitrogens with zero attached hydrogens (tertiary/aromatic N) is 2. The number of aromatic nitrogens is 1. The van der Waals surface area contributed by atoms with E-state index in [9.17, 15) is 5.11 Å². The summed E-state index contributed by atoms with van der Waals surface area (Å²) < 4.78 is 0. The average Bonchev–Trinajstić information content (AvgIpc) is 2.62. The Morgan fingerprint density at radius 1 is 1.08 bits per heavy atom. The minimum Gasteiger partial charge on any atom is -0.393 e. The smallest absolute Gasteiger partial charge is 0.148 e. The van der Waals surface area contributed by atoms with Crippen molar-refractivity contribution >= 4 is 17.4 Å². The Kier molecular flexibility index (Phi) is 4.25. The Morgan fingerprint density at radius 2 is 1.92 bits per heavy atom. The number of aliphatic hydroxyl groups is 1. The number of rotatable bonds is 2. The molecule has 24 heavy (non-hydrogen) atoms. The van der Waals surface area contributed by atoms with Gasteiger partial charge < -0.3 is 10.4 Å². The lowest BCUT2D eigenvalue weighted by atomic mass is 9.74. The summed E-state index contributed by atoms with van der Waals surface area (Å²) in [6.45, 7) is 0. The van der Waals surface area contributed by atoms with Crippen LogP contribution in [0.5, 0.6) is 0 Å². The summed E-state index contributed by atoms with van der Waals surface area (Å²) in [7, 11) is 0. The van der Waals surface area contributed by atoms with Crippen LogP contribution in [-0.4, -0.2) is 28.1 Å². The van der Waals surface area contributed by atoms with Crippen molar-refractivity contribution in [3.63, 3.8) is 0 Å². The van der Waals surface area contributed by atoms with Crippen LogP contribution in [0, 0.1) is 5.92 Å². The number of aliphatic imine (C=N–C) groups is 1. The molecule has 5 heteroatoms. The maximum atomic E-state index is 10.6. The lowest BCUT2D eigenvalue weighted by molar-refractivity contribution is 0.0343. The predicted octanol–water partition coefficient (Wildman–Crippen LogP) is 3.36. The Hall–Kier alpha value is -1.91. The molecule has 1 fully saturated rings. The first-order chi connectivity index (χ1) is 11.7. The first-order valence-corrected chi connectivity index (χ1v) is 8.80. The molecule has 1 aliphatic carbocycles. The largest absolute Gasteiger partial charge is 0.393 e.